The number of amides is 1. The number of nitrogens with one attached hydrogen (secondary N) is 1. The summed E-state index contributed by atoms with van der Waals surface area (Å²) in [5.41, 5.74) is 0. The molecular weight excluding hydrogens is 218 g/mol. The van der Waals surface area contributed by atoms with Crippen molar-refractivity contribution in [3.63, 3.8) is 0 Å². The number of rotatable bonds is 3. The lowest BCUT2D eigenvalue weighted by Crippen LogP contribution is -2.16. The summed E-state index contributed by atoms with van der Waals surface area (Å²) < 4.78 is 7.00. The van der Waals surface area contributed by atoms with Gasteiger partial charge in [0.05, 0.1) is 6.20 Å². The third kappa shape index (κ3) is 2.38. The molecular formula is C12H15N3O2. The van der Waals surface area contributed by atoms with Gasteiger partial charge in [-0.25, -0.2) is 4.68 Å². The highest BCUT2D eigenvalue weighted by atomic mass is 16.3. The quantitative estimate of drug-likeness (QED) is 0.886. The van der Waals surface area contributed by atoms with E-state index in [-0.39, 0.29) is 11.9 Å². The molecule has 0 saturated carbocycles. The van der Waals surface area contributed by atoms with E-state index < -0.39 is 0 Å². The second-order valence-corrected chi connectivity index (χ2v) is 4.12. The Morgan fingerprint density at radius 1 is 1.41 bits per heavy atom. The van der Waals surface area contributed by atoms with Gasteiger partial charge >= 0.3 is 0 Å². The van der Waals surface area contributed by atoms with Crippen LogP contribution in [0.4, 0.5) is 5.82 Å². The summed E-state index contributed by atoms with van der Waals surface area (Å²) in [4.78, 5) is 11.9. The molecule has 5 nitrogen and oxygen atoms in total. The SMILES string of the molecule is Cc1ccc(C(=O)Nc2ccnn2C(C)C)o1. The van der Waals surface area contributed by atoms with Crippen molar-refractivity contribution in [3.05, 3.63) is 35.9 Å². The minimum absolute atomic E-state index is 0.193. The molecule has 0 aromatic carbocycles. The molecule has 2 heterocycles. The molecule has 2 rings (SSSR count). The minimum atomic E-state index is -0.263. The van der Waals surface area contributed by atoms with Crippen LogP contribution < -0.4 is 5.32 Å². The second-order valence-electron chi connectivity index (χ2n) is 4.12. The van der Waals surface area contributed by atoms with Gasteiger partial charge < -0.3 is 9.73 Å². The summed E-state index contributed by atoms with van der Waals surface area (Å²) in [5.74, 6) is 1.42. The van der Waals surface area contributed by atoms with Gasteiger partial charge in [0, 0.05) is 12.1 Å². The summed E-state index contributed by atoms with van der Waals surface area (Å²) in [5, 5.41) is 6.91. The van der Waals surface area contributed by atoms with Crippen molar-refractivity contribution >= 4 is 11.7 Å². The summed E-state index contributed by atoms with van der Waals surface area (Å²) in [6.45, 7) is 5.80. The van der Waals surface area contributed by atoms with Crippen molar-refractivity contribution in [1.82, 2.24) is 9.78 Å². The van der Waals surface area contributed by atoms with Gasteiger partial charge in [-0.3, -0.25) is 4.79 Å². The average molecular weight is 233 g/mol. The Kier molecular flexibility index (Phi) is 2.99. The van der Waals surface area contributed by atoms with Gasteiger partial charge in [0.15, 0.2) is 5.76 Å². The van der Waals surface area contributed by atoms with Crippen molar-refractivity contribution in [2.45, 2.75) is 26.8 Å². The van der Waals surface area contributed by atoms with E-state index in [1.54, 1.807) is 36.0 Å². The molecule has 17 heavy (non-hydrogen) atoms. The van der Waals surface area contributed by atoms with Crippen LogP contribution in [-0.2, 0) is 0 Å². The van der Waals surface area contributed by atoms with Crippen LogP contribution in [0.25, 0.3) is 0 Å². The number of hydrogen-bond acceptors (Lipinski definition) is 3. The highest BCUT2D eigenvalue weighted by molar-refractivity contribution is 6.01. The molecule has 5 heteroatoms. The number of aryl methyl sites for hydroxylation is 1. The smallest absolute Gasteiger partial charge is 0.292 e. The maximum Gasteiger partial charge on any atom is 0.292 e. The van der Waals surface area contributed by atoms with E-state index in [0.717, 1.165) is 0 Å². The molecule has 0 aliphatic rings. The summed E-state index contributed by atoms with van der Waals surface area (Å²) in [7, 11) is 0. The molecule has 0 fully saturated rings. The predicted octanol–water partition coefficient (Wildman–Crippen LogP) is 2.62. The maximum absolute atomic E-state index is 11.9. The normalized spacial score (nSPS) is 10.8. The Labute approximate surface area is 99.4 Å². The van der Waals surface area contributed by atoms with Gasteiger partial charge in [-0.2, -0.15) is 5.10 Å². The van der Waals surface area contributed by atoms with Gasteiger partial charge in [0.1, 0.15) is 11.6 Å². The molecule has 2 aromatic heterocycles. The second kappa shape index (κ2) is 4.45. The molecule has 1 amide bonds. The summed E-state index contributed by atoms with van der Waals surface area (Å²) >= 11 is 0. The molecule has 0 aliphatic heterocycles. The lowest BCUT2D eigenvalue weighted by Gasteiger charge is -2.10. The fourth-order valence-corrected chi connectivity index (χ4v) is 1.56. The number of hydrogen-bond donors (Lipinski definition) is 1. The zero-order valence-corrected chi connectivity index (χ0v) is 10.1. The molecule has 0 unspecified atom stereocenters. The van der Waals surface area contributed by atoms with Gasteiger partial charge in [0.2, 0.25) is 0 Å². The number of carbonyl (C=O) groups excluding carboxylic acids is 1. The fourth-order valence-electron chi connectivity index (χ4n) is 1.56. The van der Waals surface area contributed by atoms with Crippen molar-refractivity contribution in [2.24, 2.45) is 0 Å². The fraction of sp³-hybridized carbons (Fsp3) is 0.333. The van der Waals surface area contributed by atoms with Crippen LogP contribution in [0.1, 0.15) is 36.2 Å². The molecule has 0 spiro atoms. The summed E-state index contributed by atoms with van der Waals surface area (Å²) in [6, 6.07) is 5.36. The van der Waals surface area contributed by atoms with E-state index in [0.29, 0.717) is 17.3 Å². The standard InChI is InChI=1S/C12H15N3O2/c1-8(2)15-11(6-7-13-15)14-12(16)10-5-4-9(3)17-10/h4-8H,1-3H3,(H,14,16). The molecule has 0 aliphatic carbocycles. The predicted molar refractivity (Wildman–Crippen MR) is 64.0 cm³/mol. The first-order chi connectivity index (χ1) is 8.08. The van der Waals surface area contributed by atoms with Crippen molar-refractivity contribution < 1.29 is 9.21 Å². The van der Waals surface area contributed by atoms with Crippen LogP contribution in [0.2, 0.25) is 0 Å². The van der Waals surface area contributed by atoms with Gasteiger partial charge in [-0.1, -0.05) is 0 Å². The Morgan fingerprint density at radius 2 is 2.18 bits per heavy atom. The van der Waals surface area contributed by atoms with E-state index in [4.69, 9.17) is 4.42 Å². The monoisotopic (exact) mass is 233 g/mol. The van der Waals surface area contributed by atoms with Crippen LogP contribution in [-0.4, -0.2) is 15.7 Å². The van der Waals surface area contributed by atoms with Crippen molar-refractivity contribution in [3.8, 4) is 0 Å². The Bertz CT molecular complexity index is 525. The van der Waals surface area contributed by atoms with E-state index in [9.17, 15) is 4.79 Å². The largest absolute Gasteiger partial charge is 0.456 e. The van der Waals surface area contributed by atoms with E-state index in [2.05, 4.69) is 10.4 Å². The average Bonchev–Trinajstić information content (AvgIpc) is 2.86. The molecule has 0 bridgehead atoms. The molecule has 0 saturated heterocycles. The summed E-state index contributed by atoms with van der Waals surface area (Å²) in [6.07, 6.45) is 1.66. The van der Waals surface area contributed by atoms with Crippen LogP contribution in [0.5, 0.6) is 0 Å². The van der Waals surface area contributed by atoms with Gasteiger partial charge in [-0.05, 0) is 32.9 Å². The van der Waals surface area contributed by atoms with Gasteiger partial charge in [-0.15, -0.1) is 0 Å². The highest BCUT2D eigenvalue weighted by Gasteiger charge is 2.13. The number of anilines is 1. The Balaban J connectivity index is 2.16. The number of carbonyl (C=O) groups is 1. The number of nitrogens with zero attached hydrogens (tertiary/aromatic N) is 2. The van der Waals surface area contributed by atoms with E-state index in [1.807, 2.05) is 13.8 Å². The maximum atomic E-state index is 11.9. The van der Waals surface area contributed by atoms with Crippen LogP contribution in [0.15, 0.2) is 28.8 Å². The Hall–Kier alpha value is -2.04. The van der Waals surface area contributed by atoms with Gasteiger partial charge in [0.25, 0.3) is 5.91 Å². The number of furan rings is 1. The molecule has 2 aromatic rings. The third-order valence-corrected chi connectivity index (χ3v) is 2.37. The van der Waals surface area contributed by atoms with Crippen LogP contribution in [0, 0.1) is 6.92 Å². The molecule has 90 valence electrons. The number of aromatic nitrogens is 2. The lowest BCUT2D eigenvalue weighted by atomic mass is 10.4. The highest BCUT2D eigenvalue weighted by Crippen LogP contribution is 2.15. The zero-order chi connectivity index (χ0) is 12.4. The van der Waals surface area contributed by atoms with E-state index >= 15 is 0 Å². The third-order valence-electron chi connectivity index (χ3n) is 2.37. The van der Waals surface area contributed by atoms with E-state index in [1.165, 1.54) is 0 Å². The van der Waals surface area contributed by atoms with Crippen molar-refractivity contribution in [2.75, 3.05) is 5.32 Å². The Morgan fingerprint density at radius 3 is 2.76 bits per heavy atom. The van der Waals surface area contributed by atoms with Crippen LogP contribution in [0.3, 0.4) is 0 Å². The zero-order valence-electron chi connectivity index (χ0n) is 10.1. The lowest BCUT2D eigenvalue weighted by molar-refractivity contribution is 0.0994. The topological polar surface area (TPSA) is 60.1 Å². The van der Waals surface area contributed by atoms with Crippen LogP contribution >= 0.6 is 0 Å². The first-order valence-electron chi connectivity index (χ1n) is 5.49. The first-order valence-corrected chi connectivity index (χ1v) is 5.49. The molecule has 0 atom stereocenters. The molecule has 0 radical (unpaired) electrons. The van der Waals surface area contributed by atoms with Crippen molar-refractivity contribution in [1.29, 1.82) is 0 Å². The first kappa shape index (κ1) is 11.4. The molecule has 1 N–H and O–H groups in total. The minimum Gasteiger partial charge on any atom is -0.456 e.